The third kappa shape index (κ3) is 22.0. The van der Waals surface area contributed by atoms with Crippen LogP contribution in [0.3, 0.4) is 0 Å². The highest BCUT2D eigenvalue weighted by atomic mass is 35.5. The quantitative estimate of drug-likeness (QED) is 0.0271. The fourth-order valence-electron chi connectivity index (χ4n) is 9.31. The Morgan fingerprint density at radius 3 is 0.864 bits per heavy atom. The van der Waals surface area contributed by atoms with Gasteiger partial charge in [-0.3, -0.25) is 0 Å². The van der Waals surface area contributed by atoms with Crippen LogP contribution in [0.1, 0.15) is 204 Å². The zero-order chi connectivity index (χ0) is 49.4. The maximum atomic E-state index is 10.9. The SMILES string of the molecule is CCCC[N+](CCCC)(CCCC)CCCC.CCCC[N+](CCCC)(CCCC)CCCC.Cc1ccc(C(CCCOB([O-])[O-])(c2ccc(C)c(Cl)c2)c2ccc(C)c(Cl)c2)cc1Cl. The molecule has 0 heterocycles. The van der Waals surface area contributed by atoms with Crippen LogP contribution in [0, 0.1) is 20.8 Å². The number of hydrogen-bond acceptors (Lipinski definition) is 3. The number of halogens is 3. The van der Waals surface area contributed by atoms with Gasteiger partial charge in [-0.25, -0.2) is 0 Å². The Kier molecular flexibility index (Phi) is 33.6. The van der Waals surface area contributed by atoms with Gasteiger partial charge in [0.1, 0.15) is 0 Å². The van der Waals surface area contributed by atoms with Crippen molar-refractivity contribution in [2.75, 3.05) is 59.0 Å². The first-order valence-electron chi connectivity index (χ1n) is 26.6. The van der Waals surface area contributed by atoms with E-state index in [0.717, 1.165) is 33.4 Å². The van der Waals surface area contributed by atoms with Crippen molar-refractivity contribution in [3.63, 3.8) is 0 Å². The smallest absolute Gasteiger partial charge is 0.0786 e. The molecule has 66 heavy (non-hydrogen) atoms. The molecular weight excluding hydrogens is 878 g/mol. The number of rotatable bonds is 32. The zero-order valence-electron chi connectivity index (χ0n) is 44.1. The van der Waals surface area contributed by atoms with Crippen molar-refractivity contribution in [1.82, 2.24) is 0 Å². The molecule has 5 nitrogen and oxygen atoms in total. The molecule has 0 aliphatic heterocycles. The second-order valence-electron chi connectivity index (χ2n) is 19.4. The van der Waals surface area contributed by atoms with Gasteiger partial charge in [0.2, 0.25) is 0 Å². The van der Waals surface area contributed by atoms with Crippen LogP contribution in [0.2, 0.25) is 15.1 Å². The number of benzene rings is 3. The van der Waals surface area contributed by atoms with Gasteiger partial charge in [-0.15, -0.1) is 0 Å². The lowest BCUT2D eigenvalue weighted by atomic mass is 9.66. The summed E-state index contributed by atoms with van der Waals surface area (Å²) in [4.78, 5) is 0. The molecule has 3 rings (SSSR count). The molecule has 0 saturated heterocycles. The van der Waals surface area contributed by atoms with Crippen LogP contribution in [0.5, 0.6) is 0 Å². The lowest BCUT2D eigenvalue weighted by Gasteiger charge is -2.39. The number of hydrogen-bond donors (Lipinski definition) is 0. The predicted octanol–water partition coefficient (Wildman–Crippen LogP) is 15.4. The van der Waals surface area contributed by atoms with E-state index in [1.54, 1.807) is 0 Å². The minimum absolute atomic E-state index is 0.0538. The Bertz CT molecular complexity index is 1470. The molecule has 3 aromatic carbocycles. The average Bonchev–Trinajstić information content (AvgIpc) is 3.31. The highest BCUT2D eigenvalue weighted by molar-refractivity contribution is 6.32. The van der Waals surface area contributed by atoms with Crippen molar-refractivity contribution < 1.29 is 23.7 Å². The summed E-state index contributed by atoms with van der Waals surface area (Å²) < 4.78 is 7.62. The van der Waals surface area contributed by atoms with E-state index in [4.69, 9.17) is 39.5 Å². The third-order valence-corrected chi connectivity index (χ3v) is 15.1. The topological polar surface area (TPSA) is 55.3 Å². The number of quaternary nitrogens is 2. The van der Waals surface area contributed by atoms with E-state index in [2.05, 4.69) is 55.4 Å². The van der Waals surface area contributed by atoms with Gasteiger partial charge in [0, 0.05) is 27.1 Å². The monoisotopic (exact) mass is 973 g/mol. The van der Waals surface area contributed by atoms with Gasteiger partial charge in [0.15, 0.2) is 0 Å². The molecule has 0 aliphatic rings. The van der Waals surface area contributed by atoms with Crippen molar-refractivity contribution in [2.24, 2.45) is 0 Å². The van der Waals surface area contributed by atoms with E-state index in [0.29, 0.717) is 27.9 Å². The maximum Gasteiger partial charge on any atom is 0.0786 e. The minimum Gasteiger partial charge on any atom is -0.871 e. The van der Waals surface area contributed by atoms with Crippen molar-refractivity contribution in [1.29, 1.82) is 0 Å². The molecule has 3 aromatic rings. The molecule has 0 atom stereocenters. The second-order valence-corrected chi connectivity index (χ2v) is 20.6. The van der Waals surface area contributed by atoms with Crippen molar-refractivity contribution in [3.8, 4) is 0 Å². The van der Waals surface area contributed by atoms with E-state index in [9.17, 15) is 10.0 Å². The third-order valence-electron chi connectivity index (χ3n) is 13.8. The standard InChI is InChI=1S/C25H24BCl3O3.2C16H36N/c1-16-5-8-19(13-22(16)27)25(11-4-12-32-26(30)31,20-9-6-17(2)23(28)14-20)21-10-7-18(3)24(29)15-21;2*1-5-9-13-17(14-10-6-2,15-11-7-3)16-12-8-4/h5-10,13-15H,4,11-12H2,1-3H3;2*5-16H2,1-4H3/q-2;2*+1. The van der Waals surface area contributed by atoms with Gasteiger partial charge in [0.05, 0.1) is 59.7 Å². The first-order valence-corrected chi connectivity index (χ1v) is 27.7. The minimum atomic E-state index is -2.30. The van der Waals surface area contributed by atoms with E-state index < -0.39 is 12.7 Å². The first-order chi connectivity index (χ1) is 31.6. The van der Waals surface area contributed by atoms with Crippen molar-refractivity contribution in [2.45, 2.75) is 197 Å². The van der Waals surface area contributed by atoms with Crippen molar-refractivity contribution in [3.05, 3.63) is 103 Å². The molecule has 0 aromatic heterocycles. The molecule has 0 fully saturated rings. The average molecular weight is 975 g/mol. The first kappa shape index (κ1) is 62.4. The van der Waals surface area contributed by atoms with Gasteiger partial charge in [0.25, 0.3) is 0 Å². The van der Waals surface area contributed by atoms with Gasteiger partial charge in [-0.2, -0.15) is 0 Å². The van der Waals surface area contributed by atoms with Crippen LogP contribution in [0.15, 0.2) is 54.6 Å². The fraction of sp³-hybridized carbons (Fsp3) is 0.684. The van der Waals surface area contributed by atoms with E-state index in [1.165, 1.54) is 164 Å². The van der Waals surface area contributed by atoms with Crippen LogP contribution < -0.4 is 10.0 Å². The summed E-state index contributed by atoms with van der Waals surface area (Å²) >= 11 is 19.7. The number of aryl methyl sites for hydroxylation is 3. The summed E-state index contributed by atoms with van der Waals surface area (Å²) in [5.41, 5.74) is 5.14. The molecule has 0 saturated carbocycles. The summed E-state index contributed by atoms with van der Waals surface area (Å²) in [5.74, 6) is 0. The maximum absolute atomic E-state index is 10.9. The van der Waals surface area contributed by atoms with E-state index in [1.807, 2.05) is 75.4 Å². The summed E-state index contributed by atoms with van der Waals surface area (Å²) in [5, 5.41) is 23.7. The Hall–Kier alpha value is -1.61. The molecule has 9 heteroatoms. The fourth-order valence-corrected chi connectivity index (χ4v) is 9.86. The molecule has 0 unspecified atom stereocenters. The molecular formula is C57H96BCl3N2O3. The molecule has 0 aliphatic carbocycles. The lowest BCUT2D eigenvalue weighted by molar-refractivity contribution is -0.929. The summed E-state index contributed by atoms with van der Waals surface area (Å²) in [6.07, 6.45) is 23.2. The Morgan fingerprint density at radius 1 is 0.424 bits per heavy atom. The van der Waals surface area contributed by atoms with E-state index in [-0.39, 0.29) is 6.61 Å². The largest absolute Gasteiger partial charge is 0.871 e. The number of nitrogens with zero attached hydrogens (tertiary/aromatic N) is 2. The molecule has 376 valence electrons. The molecule has 0 radical (unpaired) electrons. The van der Waals surface area contributed by atoms with Crippen LogP contribution in [0.25, 0.3) is 0 Å². The van der Waals surface area contributed by atoms with Crippen LogP contribution in [-0.2, 0) is 10.1 Å². The Balaban J connectivity index is 0.000000546. The Labute approximate surface area is 422 Å². The highest BCUT2D eigenvalue weighted by Gasteiger charge is 2.37. The highest BCUT2D eigenvalue weighted by Crippen LogP contribution is 2.46. The normalized spacial score (nSPS) is 11.8. The zero-order valence-corrected chi connectivity index (χ0v) is 46.4. The van der Waals surface area contributed by atoms with Gasteiger partial charge in [-0.1, -0.05) is 178 Å². The number of unbranched alkanes of at least 4 members (excludes halogenated alkanes) is 8. The van der Waals surface area contributed by atoms with Gasteiger partial charge < -0.3 is 23.7 Å². The van der Waals surface area contributed by atoms with Gasteiger partial charge in [-0.05, 0) is 137 Å². The molecule has 0 N–H and O–H groups in total. The lowest BCUT2D eigenvalue weighted by Crippen LogP contribution is -2.50. The van der Waals surface area contributed by atoms with E-state index >= 15 is 0 Å². The summed E-state index contributed by atoms with van der Waals surface area (Å²) in [6.45, 7) is 36.0. The predicted molar refractivity (Wildman–Crippen MR) is 288 cm³/mol. The van der Waals surface area contributed by atoms with Crippen LogP contribution in [0.4, 0.5) is 0 Å². The van der Waals surface area contributed by atoms with Crippen LogP contribution in [-0.4, -0.2) is 75.3 Å². The molecule has 0 bridgehead atoms. The molecule has 0 spiro atoms. The van der Waals surface area contributed by atoms with Crippen molar-refractivity contribution >= 4 is 42.1 Å². The summed E-state index contributed by atoms with van der Waals surface area (Å²) in [6, 6.07) is 18.0. The second kappa shape index (κ2) is 35.5. The molecule has 0 amide bonds. The Morgan fingerprint density at radius 2 is 0.667 bits per heavy atom. The summed E-state index contributed by atoms with van der Waals surface area (Å²) in [7, 11) is -2.30. The van der Waals surface area contributed by atoms with Gasteiger partial charge >= 0.3 is 0 Å². The van der Waals surface area contributed by atoms with Crippen LogP contribution >= 0.6 is 34.8 Å².